The number of aromatic nitrogens is 4. The number of hydrogen-bond donors (Lipinski definition) is 0. The van der Waals surface area contributed by atoms with E-state index in [1.165, 1.54) is 5.56 Å². The van der Waals surface area contributed by atoms with E-state index in [0.717, 1.165) is 45.8 Å². The summed E-state index contributed by atoms with van der Waals surface area (Å²) < 4.78 is 3.81. The Labute approximate surface area is 158 Å². The van der Waals surface area contributed by atoms with Gasteiger partial charge >= 0.3 is 0 Å². The van der Waals surface area contributed by atoms with E-state index in [9.17, 15) is 4.79 Å². The highest BCUT2D eigenvalue weighted by Crippen LogP contribution is 2.33. The highest BCUT2D eigenvalue weighted by molar-refractivity contribution is 5.76. The Kier molecular flexibility index (Phi) is 4.15. The van der Waals surface area contributed by atoms with Gasteiger partial charge in [0.2, 0.25) is 0 Å². The quantitative estimate of drug-likeness (QED) is 0.518. The number of fused-ring (bicyclic) bond motifs is 1. The Bertz CT molecular complexity index is 1140. The van der Waals surface area contributed by atoms with Crippen molar-refractivity contribution in [3.8, 4) is 11.3 Å². The topological polar surface area (TPSA) is 52.2 Å². The first-order chi connectivity index (χ1) is 13.0. The van der Waals surface area contributed by atoms with Gasteiger partial charge in [0.05, 0.1) is 28.7 Å². The Hall–Kier alpha value is -3.21. The normalized spacial score (nSPS) is 12.4. The highest BCUT2D eigenvalue weighted by Gasteiger charge is 2.26. The van der Waals surface area contributed by atoms with Gasteiger partial charge in [0.15, 0.2) is 0 Å². The van der Waals surface area contributed by atoms with Gasteiger partial charge in [0.1, 0.15) is 11.9 Å². The molecule has 27 heavy (non-hydrogen) atoms. The molecule has 0 aliphatic carbocycles. The van der Waals surface area contributed by atoms with Crippen LogP contribution in [0.1, 0.15) is 34.1 Å². The van der Waals surface area contributed by atoms with E-state index in [1.807, 2.05) is 49.7 Å². The molecule has 0 saturated heterocycles. The molecule has 0 fully saturated rings. The van der Waals surface area contributed by atoms with E-state index >= 15 is 0 Å². The van der Waals surface area contributed by atoms with Crippen LogP contribution < -0.4 is 0 Å². The molecule has 1 unspecified atom stereocenters. The molecule has 3 heterocycles. The molecule has 0 aliphatic rings. The molecule has 0 amide bonds. The van der Waals surface area contributed by atoms with Crippen LogP contribution in [-0.4, -0.2) is 25.5 Å². The SMILES string of the molecule is Cc1ccc(-c2nc3ccc(C)cn3c2C(C=O)c2cc(C)nn2C)cc1. The summed E-state index contributed by atoms with van der Waals surface area (Å²) in [6.45, 7) is 6.04. The van der Waals surface area contributed by atoms with Gasteiger partial charge in [-0.3, -0.25) is 4.68 Å². The average Bonchev–Trinajstić information content (AvgIpc) is 3.17. The molecule has 4 rings (SSSR count). The third-order valence-corrected chi connectivity index (χ3v) is 4.92. The monoisotopic (exact) mass is 358 g/mol. The van der Waals surface area contributed by atoms with E-state index in [-0.39, 0.29) is 0 Å². The fourth-order valence-corrected chi connectivity index (χ4v) is 3.59. The van der Waals surface area contributed by atoms with Crippen molar-refractivity contribution in [1.29, 1.82) is 0 Å². The van der Waals surface area contributed by atoms with Crippen LogP contribution in [0.3, 0.4) is 0 Å². The molecule has 1 aromatic carbocycles. The van der Waals surface area contributed by atoms with Gasteiger partial charge < -0.3 is 9.20 Å². The molecule has 0 saturated carbocycles. The van der Waals surface area contributed by atoms with Crippen molar-refractivity contribution in [2.75, 3.05) is 0 Å². The first kappa shape index (κ1) is 17.2. The van der Waals surface area contributed by atoms with Gasteiger partial charge in [-0.25, -0.2) is 4.98 Å². The van der Waals surface area contributed by atoms with E-state index in [2.05, 4.69) is 36.3 Å². The molecule has 3 aromatic heterocycles. The molecule has 5 heteroatoms. The number of carbonyl (C=O) groups is 1. The number of benzene rings is 1. The lowest BCUT2D eigenvalue weighted by atomic mass is 9.97. The van der Waals surface area contributed by atoms with Crippen molar-refractivity contribution >= 4 is 11.9 Å². The molecular weight excluding hydrogens is 336 g/mol. The van der Waals surface area contributed by atoms with Crippen LogP contribution >= 0.6 is 0 Å². The lowest BCUT2D eigenvalue weighted by Gasteiger charge is -2.14. The van der Waals surface area contributed by atoms with Crippen molar-refractivity contribution in [3.05, 3.63) is 76.9 Å². The summed E-state index contributed by atoms with van der Waals surface area (Å²) in [4.78, 5) is 17.1. The summed E-state index contributed by atoms with van der Waals surface area (Å²) >= 11 is 0. The molecule has 136 valence electrons. The number of nitrogens with zero attached hydrogens (tertiary/aromatic N) is 4. The smallest absolute Gasteiger partial charge is 0.137 e. The van der Waals surface area contributed by atoms with Crippen LogP contribution in [0.25, 0.3) is 16.9 Å². The molecule has 0 bridgehead atoms. The summed E-state index contributed by atoms with van der Waals surface area (Å²) in [5.41, 5.74) is 7.59. The minimum absolute atomic E-state index is 0.454. The zero-order chi connectivity index (χ0) is 19.1. The second-order valence-corrected chi connectivity index (χ2v) is 7.09. The van der Waals surface area contributed by atoms with Crippen molar-refractivity contribution in [1.82, 2.24) is 19.2 Å². The summed E-state index contributed by atoms with van der Waals surface area (Å²) in [5, 5.41) is 4.43. The predicted molar refractivity (Wildman–Crippen MR) is 106 cm³/mol. The number of aryl methyl sites for hydroxylation is 4. The predicted octanol–water partition coefficient (Wildman–Crippen LogP) is 3.99. The van der Waals surface area contributed by atoms with Gasteiger partial charge in [-0.15, -0.1) is 0 Å². The lowest BCUT2D eigenvalue weighted by molar-refractivity contribution is -0.108. The largest absolute Gasteiger partial charge is 0.302 e. The van der Waals surface area contributed by atoms with Crippen molar-refractivity contribution < 1.29 is 4.79 Å². The van der Waals surface area contributed by atoms with Gasteiger partial charge in [0.25, 0.3) is 0 Å². The van der Waals surface area contributed by atoms with E-state index in [4.69, 9.17) is 4.98 Å². The van der Waals surface area contributed by atoms with Crippen LogP contribution in [0.5, 0.6) is 0 Å². The fraction of sp³-hybridized carbons (Fsp3) is 0.227. The van der Waals surface area contributed by atoms with Crippen LogP contribution in [-0.2, 0) is 11.8 Å². The van der Waals surface area contributed by atoms with E-state index < -0.39 is 5.92 Å². The Balaban J connectivity index is 2.03. The number of imidazole rings is 1. The number of pyridine rings is 1. The molecule has 1 atom stereocenters. The number of aldehydes is 1. The summed E-state index contributed by atoms with van der Waals surface area (Å²) in [6.07, 6.45) is 3.02. The van der Waals surface area contributed by atoms with Crippen molar-refractivity contribution in [3.63, 3.8) is 0 Å². The third-order valence-electron chi connectivity index (χ3n) is 4.92. The third kappa shape index (κ3) is 2.95. The number of rotatable bonds is 4. The summed E-state index contributed by atoms with van der Waals surface area (Å²) in [7, 11) is 1.87. The Morgan fingerprint density at radius 1 is 1.00 bits per heavy atom. The average molecular weight is 358 g/mol. The van der Waals surface area contributed by atoms with Gasteiger partial charge in [-0.1, -0.05) is 35.9 Å². The second kappa shape index (κ2) is 6.50. The number of carbonyl (C=O) groups excluding carboxylic acids is 1. The molecule has 0 spiro atoms. The minimum atomic E-state index is -0.454. The highest BCUT2D eigenvalue weighted by atomic mass is 16.1. The second-order valence-electron chi connectivity index (χ2n) is 7.09. The zero-order valence-electron chi connectivity index (χ0n) is 16.0. The van der Waals surface area contributed by atoms with Crippen LogP contribution in [0.15, 0.2) is 48.7 Å². The maximum Gasteiger partial charge on any atom is 0.137 e. The summed E-state index contributed by atoms with van der Waals surface area (Å²) in [6, 6.07) is 14.2. The van der Waals surface area contributed by atoms with Gasteiger partial charge in [-0.05, 0) is 38.5 Å². The van der Waals surface area contributed by atoms with Gasteiger partial charge in [0, 0.05) is 18.8 Å². The number of hydrogen-bond acceptors (Lipinski definition) is 3. The van der Waals surface area contributed by atoms with Crippen LogP contribution in [0, 0.1) is 20.8 Å². The van der Waals surface area contributed by atoms with E-state index in [1.54, 1.807) is 4.68 Å². The lowest BCUT2D eigenvalue weighted by Crippen LogP contribution is -2.12. The van der Waals surface area contributed by atoms with E-state index in [0.29, 0.717) is 0 Å². The maximum absolute atomic E-state index is 12.2. The minimum Gasteiger partial charge on any atom is -0.302 e. The molecule has 4 aromatic rings. The van der Waals surface area contributed by atoms with Crippen molar-refractivity contribution in [2.45, 2.75) is 26.7 Å². The molecule has 0 N–H and O–H groups in total. The molecule has 5 nitrogen and oxygen atoms in total. The molecular formula is C22H22N4O. The fourth-order valence-electron chi connectivity index (χ4n) is 3.59. The first-order valence-corrected chi connectivity index (χ1v) is 8.99. The van der Waals surface area contributed by atoms with Crippen LogP contribution in [0.2, 0.25) is 0 Å². The van der Waals surface area contributed by atoms with Gasteiger partial charge in [-0.2, -0.15) is 5.10 Å². The van der Waals surface area contributed by atoms with Crippen molar-refractivity contribution in [2.24, 2.45) is 7.05 Å². The Morgan fingerprint density at radius 2 is 1.70 bits per heavy atom. The molecule has 0 radical (unpaired) electrons. The first-order valence-electron chi connectivity index (χ1n) is 8.99. The molecule has 0 aliphatic heterocycles. The summed E-state index contributed by atoms with van der Waals surface area (Å²) in [5.74, 6) is -0.454. The zero-order valence-corrected chi connectivity index (χ0v) is 16.0. The maximum atomic E-state index is 12.2. The Morgan fingerprint density at radius 3 is 2.33 bits per heavy atom. The van der Waals surface area contributed by atoms with Crippen LogP contribution in [0.4, 0.5) is 0 Å². The standard InChI is InChI=1S/C22H22N4O/c1-14-5-8-17(9-6-14)21-22(26-12-15(2)7-10-20(26)23-21)18(13-27)19-11-16(3)24-25(19)4/h5-13,18H,1-4H3.